The highest BCUT2D eigenvalue weighted by Crippen LogP contribution is 2.43. The molecule has 5 aromatic carbocycles. The van der Waals surface area contributed by atoms with Crippen molar-refractivity contribution >= 4 is 44.9 Å². The number of rotatable bonds is 2. The van der Waals surface area contributed by atoms with Gasteiger partial charge in [0, 0.05) is 0 Å². The SMILES string of the molecule is CC(C)(C)c1cc2ccc3cc(C(C)(C)C)cc4c(-c5cccc(B(O)O)c5)cc(c1)c2c34. The van der Waals surface area contributed by atoms with Gasteiger partial charge in [-0.05, 0) is 83.0 Å². The first-order chi connectivity index (χ1) is 15.4. The van der Waals surface area contributed by atoms with Crippen LogP contribution in [0.25, 0.3) is 43.4 Å². The Balaban J connectivity index is 1.96. The molecule has 5 rings (SSSR count). The second-order valence-corrected chi connectivity index (χ2v) is 11.4. The molecule has 0 saturated carbocycles. The van der Waals surface area contributed by atoms with Gasteiger partial charge < -0.3 is 10.0 Å². The lowest BCUT2D eigenvalue weighted by molar-refractivity contribution is 0.426. The van der Waals surface area contributed by atoms with Gasteiger partial charge in [-0.1, -0.05) is 96.1 Å². The predicted octanol–water partition coefficient (Wildman–Crippen LogP) is 6.53. The molecule has 3 heteroatoms. The molecule has 0 atom stereocenters. The van der Waals surface area contributed by atoms with Crippen molar-refractivity contribution in [2.45, 2.75) is 52.4 Å². The van der Waals surface area contributed by atoms with E-state index in [-0.39, 0.29) is 10.8 Å². The third kappa shape index (κ3) is 3.70. The summed E-state index contributed by atoms with van der Waals surface area (Å²) in [6, 6.07) is 23.7. The molecule has 2 nitrogen and oxygen atoms in total. The van der Waals surface area contributed by atoms with Crippen LogP contribution in [0.2, 0.25) is 0 Å². The van der Waals surface area contributed by atoms with Gasteiger partial charge in [0.2, 0.25) is 0 Å². The maximum Gasteiger partial charge on any atom is 0.488 e. The first-order valence-corrected chi connectivity index (χ1v) is 11.7. The molecule has 0 saturated heterocycles. The predicted molar refractivity (Wildman–Crippen MR) is 143 cm³/mol. The lowest BCUT2D eigenvalue weighted by atomic mass is 9.77. The summed E-state index contributed by atoms with van der Waals surface area (Å²) >= 11 is 0. The first kappa shape index (κ1) is 21.9. The minimum absolute atomic E-state index is 0.0181. The summed E-state index contributed by atoms with van der Waals surface area (Å²) < 4.78 is 0. The molecule has 166 valence electrons. The van der Waals surface area contributed by atoms with Crippen molar-refractivity contribution in [3.05, 3.63) is 77.9 Å². The second kappa shape index (κ2) is 7.31. The molecule has 0 fully saturated rings. The van der Waals surface area contributed by atoms with Crippen LogP contribution in [0.1, 0.15) is 52.7 Å². The van der Waals surface area contributed by atoms with Crippen LogP contribution in [0.3, 0.4) is 0 Å². The van der Waals surface area contributed by atoms with Crippen LogP contribution in [0.4, 0.5) is 0 Å². The average Bonchev–Trinajstić information content (AvgIpc) is 2.75. The van der Waals surface area contributed by atoms with Crippen molar-refractivity contribution in [2.75, 3.05) is 0 Å². The Morgan fingerprint density at radius 1 is 0.606 bits per heavy atom. The molecule has 0 radical (unpaired) electrons. The van der Waals surface area contributed by atoms with Crippen molar-refractivity contribution in [3.63, 3.8) is 0 Å². The van der Waals surface area contributed by atoms with E-state index in [1.165, 1.54) is 43.4 Å². The molecule has 2 N–H and O–H groups in total. The van der Waals surface area contributed by atoms with Crippen molar-refractivity contribution in [1.82, 2.24) is 0 Å². The number of hydrogen-bond donors (Lipinski definition) is 2. The Hall–Kier alpha value is -2.88. The van der Waals surface area contributed by atoms with Crippen LogP contribution in [0, 0.1) is 0 Å². The summed E-state index contributed by atoms with van der Waals surface area (Å²) in [6.07, 6.45) is 0. The second-order valence-electron chi connectivity index (χ2n) is 11.4. The normalized spacial score (nSPS) is 12.8. The summed E-state index contributed by atoms with van der Waals surface area (Å²) in [4.78, 5) is 0. The molecule has 0 heterocycles. The van der Waals surface area contributed by atoms with E-state index in [0.29, 0.717) is 5.46 Å². The van der Waals surface area contributed by atoms with E-state index in [9.17, 15) is 10.0 Å². The molecule has 0 aliphatic heterocycles. The molecular weight excluding hydrogens is 403 g/mol. The van der Waals surface area contributed by atoms with Crippen LogP contribution in [0.15, 0.2) is 66.7 Å². The van der Waals surface area contributed by atoms with Gasteiger partial charge in [0.05, 0.1) is 0 Å². The van der Waals surface area contributed by atoms with Gasteiger partial charge >= 0.3 is 7.12 Å². The average molecular weight is 434 g/mol. The smallest absolute Gasteiger partial charge is 0.423 e. The van der Waals surface area contributed by atoms with E-state index in [0.717, 1.165) is 11.1 Å². The fourth-order valence-electron chi connectivity index (χ4n) is 4.89. The molecule has 0 aliphatic rings. The maximum absolute atomic E-state index is 9.79. The van der Waals surface area contributed by atoms with Gasteiger partial charge in [0.1, 0.15) is 0 Å². The highest BCUT2D eigenvalue weighted by atomic mass is 16.4. The third-order valence-corrected chi connectivity index (χ3v) is 6.88. The zero-order chi connectivity index (χ0) is 23.7. The molecule has 0 aliphatic carbocycles. The molecule has 0 spiro atoms. The third-order valence-electron chi connectivity index (χ3n) is 6.88. The van der Waals surface area contributed by atoms with E-state index in [2.05, 4.69) is 90.1 Å². The summed E-state index contributed by atoms with van der Waals surface area (Å²) in [5.41, 5.74) is 5.30. The summed E-state index contributed by atoms with van der Waals surface area (Å²) in [6.45, 7) is 13.5. The quantitative estimate of drug-likeness (QED) is 0.245. The number of benzene rings is 5. The minimum Gasteiger partial charge on any atom is -0.423 e. The van der Waals surface area contributed by atoms with Crippen molar-refractivity contribution in [2.24, 2.45) is 0 Å². The van der Waals surface area contributed by atoms with Crippen LogP contribution in [-0.4, -0.2) is 17.2 Å². The van der Waals surface area contributed by atoms with Gasteiger partial charge in [0.25, 0.3) is 0 Å². The number of hydrogen-bond acceptors (Lipinski definition) is 2. The van der Waals surface area contributed by atoms with Gasteiger partial charge in [-0.15, -0.1) is 0 Å². The highest BCUT2D eigenvalue weighted by molar-refractivity contribution is 6.58. The van der Waals surface area contributed by atoms with E-state index in [1.54, 1.807) is 6.07 Å². The van der Waals surface area contributed by atoms with Gasteiger partial charge in [-0.2, -0.15) is 0 Å². The summed E-state index contributed by atoms with van der Waals surface area (Å²) in [5.74, 6) is 0. The fraction of sp³-hybridized carbons (Fsp3) is 0.267. The fourth-order valence-corrected chi connectivity index (χ4v) is 4.89. The topological polar surface area (TPSA) is 40.5 Å². The van der Waals surface area contributed by atoms with Crippen LogP contribution < -0.4 is 5.46 Å². The van der Waals surface area contributed by atoms with Gasteiger partial charge in [-0.3, -0.25) is 0 Å². The molecule has 0 bridgehead atoms. The van der Waals surface area contributed by atoms with Crippen LogP contribution >= 0.6 is 0 Å². The Kier molecular flexibility index (Phi) is 4.86. The Morgan fingerprint density at radius 3 is 1.79 bits per heavy atom. The summed E-state index contributed by atoms with van der Waals surface area (Å²) in [7, 11) is -1.49. The van der Waals surface area contributed by atoms with E-state index in [1.807, 2.05) is 12.1 Å². The highest BCUT2D eigenvalue weighted by Gasteiger charge is 2.22. The maximum atomic E-state index is 9.79. The Bertz CT molecular complexity index is 1500. The molecule has 33 heavy (non-hydrogen) atoms. The standard InChI is InChI=1S/C30H31BO2/c1-29(2,3)22-12-19-10-11-20-13-23(30(4,5)6)17-26-25(16-21(14-22)27(19)28(20)26)18-8-7-9-24(15-18)31(32)33/h7-17,32-33H,1-6H3. The first-order valence-electron chi connectivity index (χ1n) is 11.7. The minimum atomic E-state index is -1.49. The Morgan fingerprint density at radius 2 is 1.18 bits per heavy atom. The van der Waals surface area contributed by atoms with Crippen molar-refractivity contribution < 1.29 is 10.0 Å². The van der Waals surface area contributed by atoms with E-state index in [4.69, 9.17) is 0 Å². The largest absolute Gasteiger partial charge is 0.488 e. The molecule has 5 aromatic rings. The zero-order valence-corrected chi connectivity index (χ0v) is 20.3. The molecular formula is C30H31BO2. The van der Waals surface area contributed by atoms with Crippen molar-refractivity contribution in [1.29, 1.82) is 0 Å². The lowest BCUT2D eigenvalue weighted by Gasteiger charge is -2.25. The zero-order valence-electron chi connectivity index (χ0n) is 20.3. The van der Waals surface area contributed by atoms with Crippen LogP contribution in [0.5, 0.6) is 0 Å². The van der Waals surface area contributed by atoms with Crippen LogP contribution in [-0.2, 0) is 10.8 Å². The summed E-state index contributed by atoms with van der Waals surface area (Å²) in [5, 5.41) is 27.1. The molecule has 0 aromatic heterocycles. The molecule has 0 unspecified atom stereocenters. The molecule has 0 amide bonds. The Labute approximate surface area is 196 Å². The monoisotopic (exact) mass is 434 g/mol. The van der Waals surface area contributed by atoms with Gasteiger partial charge in [-0.25, -0.2) is 0 Å². The van der Waals surface area contributed by atoms with E-state index < -0.39 is 7.12 Å². The van der Waals surface area contributed by atoms with E-state index >= 15 is 0 Å². The van der Waals surface area contributed by atoms with Gasteiger partial charge in [0.15, 0.2) is 0 Å². The lowest BCUT2D eigenvalue weighted by Crippen LogP contribution is -2.29. The van der Waals surface area contributed by atoms with Crippen molar-refractivity contribution in [3.8, 4) is 11.1 Å².